The van der Waals surface area contributed by atoms with Gasteiger partial charge in [-0.15, -0.1) is 0 Å². The van der Waals surface area contributed by atoms with Crippen molar-refractivity contribution in [2.45, 2.75) is 0 Å². The smallest absolute Gasteiger partial charge is 0.273 e. The van der Waals surface area contributed by atoms with E-state index in [0.717, 1.165) is 9.80 Å². The minimum Gasteiger partial charge on any atom is -0.497 e. The number of hydrogen-bond acceptors (Lipinski definition) is 10. The second-order valence-electron chi connectivity index (χ2n) is 9.43. The van der Waals surface area contributed by atoms with E-state index in [4.69, 9.17) is 43.4 Å². The van der Waals surface area contributed by atoms with Gasteiger partial charge in [0.2, 0.25) is 0 Å². The fraction of sp³-hybridized carbons (Fsp3) is 0.200. The first-order chi connectivity index (χ1) is 21.2. The molecule has 0 unspecified atom stereocenters. The van der Waals surface area contributed by atoms with Crippen LogP contribution in [0.15, 0.2) is 72.8 Å². The maximum absolute atomic E-state index is 12.8. The topological polar surface area (TPSA) is 118 Å². The molecule has 3 aromatic carbocycles. The summed E-state index contributed by atoms with van der Waals surface area (Å²) in [6, 6.07) is 20.1. The van der Waals surface area contributed by atoms with Crippen LogP contribution in [0.2, 0.25) is 0 Å². The second kappa shape index (κ2) is 13.1. The summed E-state index contributed by atoms with van der Waals surface area (Å²) in [6.07, 6.45) is 0. The van der Waals surface area contributed by atoms with Crippen molar-refractivity contribution in [2.24, 2.45) is 0 Å². The number of amides is 4. The Morgan fingerprint density at radius 2 is 0.909 bits per heavy atom. The highest BCUT2D eigenvalue weighted by Gasteiger charge is 2.39. The average Bonchev–Trinajstić information content (AvgIpc) is 3.52. The van der Waals surface area contributed by atoms with Gasteiger partial charge in [-0.25, -0.2) is 9.80 Å². The second-order valence-corrected chi connectivity index (χ2v) is 10.2. The minimum atomic E-state index is -0.614. The van der Waals surface area contributed by atoms with Crippen LogP contribution >= 0.6 is 24.4 Å². The van der Waals surface area contributed by atoms with Gasteiger partial charge in [-0.3, -0.25) is 19.2 Å². The number of nitrogens with zero attached hydrogens (tertiary/aromatic N) is 4. The summed E-state index contributed by atoms with van der Waals surface area (Å²) < 4.78 is 21.4. The number of hydrogen-bond donors (Lipinski definition) is 0. The van der Waals surface area contributed by atoms with Crippen LogP contribution in [0.4, 0.5) is 11.4 Å². The maximum atomic E-state index is 12.8. The van der Waals surface area contributed by atoms with Crippen LogP contribution in [0.3, 0.4) is 0 Å². The molecule has 0 spiro atoms. The molecule has 0 saturated carbocycles. The molecule has 2 aliphatic heterocycles. The summed E-state index contributed by atoms with van der Waals surface area (Å²) in [5.41, 5.74) is 1.31. The average molecular weight is 635 g/mol. The largest absolute Gasteiger partial charge is 0.497 e. The van der Waals surface area contributed by atoms with E-state index in [2.05, 4.69) is 0 Å². The lowest BCUT2D eigenvalue weighted by Crippen LogP contribution is -2.40. The molecule has 5 rings (SSSR count). The van der Waals surface area contributed by atoms with Gasteiger partial charge in [0.15, 0.2) is 23.4 Å². The molecular weight excluding hydrogens is 608 g/mol. The van der Waals surface area contributed by atoms with E-state index in [-0.39, 0.29) is 23.3 Å². The minimum absolute atomic E-state index is 0.0604. The first-order valence-corrected chi connectivity index (χ1v) is 14.0. The number of imide groups is 2. The van der Waals surface area contributed by atoms with Crippen molar-refractivity contribution in [1.29, 1.82) is 0 Å². The molecule has 0 bridgehead atoms. The van der Waals surface area contributed by atoms with Gasteiger partial charge in [-0.2, -0.15) is 0 Å². The third-order valence-electron chi connectivity index (χ3n) is 6.75. The number of benzene rings is 3. The molecule has 2 fully saturated rings. The van der Waals surface area contributed by atoms with E-state index in [1.165, 1.54) is 24.3 Å². The summed E-state index contributed by atoms with van der Waals surface area (Å²) in [7, 11) is 3.10. The van der Waals surface area contributed by atoms with Gasteiger partial charge in [0.1, 0.15) is 36.1 Å². The number of carbonyl (C=O) groups excluding carboxylic acids is 4. The van der Waals surface area contributed by atoms with Crippen LogP contribution in [0.25, 0.3) is 0 Å². The molecule has 226 valence electrons. The quantitative estimate of drug-likeness (QED) is 0.305. The fourth-order valence-corrected chi connectivity index (χ4v) is 5.22. The molecule has 3 aromatic rings. The normalized spacial score (nSPS) is 14.8. The molecule has 0 radical (unpaired) electrons. The van der Waals surface area contributed by atoms with Gasteiger partial charge in [-0.1, -0.05) is 0 Å². The number of ether oxygens (including phenoxy) is 4. The molecule has 12 nitrogen and oxygen atoms in total. The monoisotopic (exact) mass is 634 g/mol. The van der Waals surface area contributed by atoms with Crippen molar-refractivity contribution in [3.05, 3.63) is 72.8 Å². The molecule has 0 atom stereocenters. The van der Waals surface area contributed by atoms with Crippen molar-refractivity contribution >= 4 is 69.7 Å². The summed E-state index contributed by atoms with van der Waals surface area (Å²) in [5, 5.41) is 0.121. The third-order valence-corrected chi connectivity index (χ3v) is 7.55. The van der Waals surface area contributed by atoms with Crippen molar-refractivity contribution in [3.8, 4) is 23.0 Å². The summed E-state index contributed by atoms with van der Waals surface area (Å²) in [5.74, 6) is -0.198. The highest BCUT2D eigenvalue weighted by molar-refractivity contribution is 7.80. The van der Waals surface area contributed by atoms with Crippen LogP contribution in [0.1, 0.15) is 0 Å². The molecule has 2 saturated heterocycles. The molecule has 0 aliphatic carbocycles. The Morgan fingerprint density at radius 3 is 1.23 bits per heavy atom. The molecule has 4 amide bonds. The Balaban J connectivity index is 1.11. The van der Waals surface area contributed by atoms with Crippen molar-refractivity contribution < 1.29 is 38.1 Å². The maximum Gasteiger partial charge on any atom is 0.273 e. The highest BCUT2D eigenvalue weighted by Crippen LogP contribution is 2.26. The molecule has 14 heteroatoms. The van der Waals surface area contributed by atoms with E-state index >= 15 is 0 Å². The number of thiocarbonyl (C=S) groups is 2. The van der Waals surface area contributed by atoms with E-state index < -0.39 is 36.8 Å². The van der Waals surface area contributed by atoms with Crippen LogP contribution in [0.5, 0.6) is 23.0 Å². The molecule has 0 N–H and O–H groups in total. The van der Waals surface area contributed by atoms with E-state index in [1.807, 2.05) is 0 Å². The Hall–Kier alpha value is -5.08. The highest BCUT2D eigenvalue weighted by atomic mass is 32.1. The lowest BCUT2D eigenvalue weighted by atomic mass is 10.3. The molecule has 44 heavy (non-hydrogen) atoms. The Morgan fingerprint density at radius 1 is 0.591 bits per heavy atom. The Bertz CT molecular complexity index is 1490. The molecule has 0 aromatic heterocycles. The Kier molecular flexibility index (Phi) is 9.01. The lowest BCUT2D eigenvalue weighted by Gasteiger charge is -2.20. The summed E-state index contributed by atoms with van der Waals surface area (Å²) in [6.45, 7) is -1.01. The standard InChI is InChI=1S/C30H26N4O8S2/c1-39-21-7-3-19(4-8-21)31-15-25(35)33(29(31)43)27(37)17-41-23-11-13-24(14-12-23)42-18-28(38)34-26(36)16-32(30(34)44)20-5-9-22(40-2)10-6-20/h3-14H,15-18H2,1-2H3. The third kappa shape index (κ3) is 6.31. The van der Waals surface area contributed by atoms with E-state index in [9.17, 15) is 19.2 Å². The van der Waals surface area contributed by atoms with Crippen molar-refractivity contribution in [3.63, 3.8) is 0 Å². The van der Waals surface area contributed by atoms with Crippen LogP contribution in [0, 0.1) is 0 Å². The fourth-order valence-electron chi connectivity index (χ4n) is 4.47. The van der Waals surface area contributed by atoms with Crippen LogP contribution in [-0.2, 0) is 19.2 Å². The number of methoxy groups -OCH3 is 2. The first-order valence-electron chi connectivity index (χ1n) is 13.2. The van der Waals surface area contributed by atoms with Crippen LogP contribution < -0.4 is 28.7 Å². The number of carbonyl (C=O) groups is 4. The first kappa shape index (κ1) is 30.4. The van der Waals surface area contributed by atoms with E-state index in [0.29, 0.717) is 34.4 Å². The molecule has 2 aliphatic rings. The van der Waals surface area contributed by atoms with Gasteiger partial charge in [0, 0.05) is 11.4 Å². The van der Waals surface area contributed by atoms with Crippen molar-refractivity contribution in [2.75, 3.05) is 50.3 Å². The van der Waals surface area contributed by atoms with Crippen molar-refractivity contribution in [1.82, 2.24) is 9.80 Å². The predicted octanol–water partition coefficient (Wildman–Crippen LogP) is 2.78. The molecular formula is C30H26N4O8S2. The van der Waals surface area contributed by atoms with Gasteiger partial charge in [0.25, 0.3) is 23.6 Å². The van der Waals surface area contributed by atoms with Gasteiger partial charge in [0.05, 0.1) is 14.2 Å². The SMILES string of the molecule is COc1ccc(N2CC(=O)N(C(=O)COc3ccc(OCC(=O)N4C(=O)CN(c5ccc(OC)cc5)C4=S)cc3)C2=S)cc1. The van der Waals surface area contributed by atoms with Gasteiger partial charge in [-0.05, 0) is 97.2 Å². The van der Waals surface area contributed by atoms with Gasteiger partial charge >= 0.3 is 0 Å². The summed E-state index contributed by atoms with van der Waals surface area (Å²) >= 11 is 10.8. The zero-order valence-corrected chi connectivity index (χ0v) is 25.3. The zero-order valence-electron chi connectivity index (χ0n) is 23.6. The van der Waals surface area contributed by atoms with Crippen LogP contribution in [-0.4, -0.2) is 84.2 Å². The summed E-state index contributed by atoms with van der Waals surface area (Å²) in [4.78, 5) is 55.7. The lowest BCUT2D eigenvalue weighted by molar-refractivity contribution is -0.140. The van der Waals surface area contributed by atoms with Gasteiger partial charge < -0.3 is 28.7 Å². The van der Waals surface area contributed by atoms with E-state index in [1.54, 1.807) is 72.6 Å². The predicted molar refractivity (Wildman–Crippen MR) is 167 cm³/mol. The molecule has 2 heterocycles. The zero-order chi connectivity index (χ0) is 31.4. The number of rotatable bonds is 10. The number of anilines is 2. The Labute approximate surface area is 263 Å².